The largest absolute Gasteiger partial charge is 0.478 e. The van der Waals surface area contributed by atoms with Crippen molar-refractivity contribution in [3.63, 3.8) is 0 Å². The highest BCUT2D eigenvalue weighted by molar-refractivity contribution is 6.33. The molecule has 0 saturated heterocycles. The molecule has 0 bridgehead atoms. The Morgan fingerprint density at radius 2 is 1.78 bits per heavy atom. The van der Waals surface area contributed by atoms with E-state index in [1.165, 1.54) is 11.8 Å². The highest BCUT2D eigenvalue weighted by Gasteiger charge is 2.08. The number of nitrogens with one attached hydrogen (secondary N) is 1. The van der Waals surface area contributed by atoms with Gasteiger partial charge in [0, 0.05) is 31.0 Å². The van der Waals surface area contributed by atoms with E-state index in [9.17, 15) is 4.79 Å². The van der Waals surface area contributed by atoms with Crippen LogP contribution in [0.1, 0.15) is 29.8 Å². The van der Waals surface area contributed by atoms with Crippen molar-refractivity contribution in [1.82, 2.24) is 0 Å². The van der Waals surface area contributed by atoms with Crippen LogP contribution < -0.4 is 10.2 Å². The third-order valence-electron chi connectivity index (χ3n) is 3.76. The van der Waals surface area contributed by atoms with Crippen molar-refractivity contribution in [1.29, 1.82) is 0 Å². The lowest BCUT2D eigenvalue weighted by atomic mass is 10.1. The van der Waals surface area contributed by atoms with Crippen molar-refractivity contribution < 1.29 is 9.90 Å². The second-order valence-corrected chi connectivity index (χ2v) is 5.60. The van der Waals surface area contributed by atoms with E-state index in [2.05, 4.69) is 48.3 Å². The van der Waals surface area contributed by atoms with Gasteiger partial charge in [0.05, 0.1) is 10.6 Å². The van der Waals surface area contributed by atoms with Gasteiger partial charge in [-0.05, 0) is 49.7 Å². The first-order chi connectivity index (χ1) is 11.0. The lowest BCUT2D eigenvalue weighted by molar-refractivity contribution is 0.0697. The molecule has 0 unspecified atom stereocenters. The monoisotopic (exact) mass is 332 g/mol. The van der Waals surface area contributed by atoms with Gasteiger partial charge in [0.1, 0.15) is 0 Å². The first-order valence-corrected chi connectivity index (χ1v) is 8.03. The number of nitrogens with zero attached hydrogens (tertiary/aromatic N) is 1. The maximum atomic E-state index is 10.9. The molecule has 5 heteroatoms. The minimum absolute atomic E-state index is 0.112. The van der Waals surface area contributed by atoms with Crippen LogP contribution >= 0.6 is 11.6 Å². The summed E-state index contributed by atoms with van der Waals surface area (Å²) in [6.07, 6.45) is 0. The molecule has 0 aliphatic heterocycles. The molecule has 2 aromatic carbocycles. The van der Waals surface area contributed by atoms with Crippen LogP contribution in [-0.2, 0) is 6.54 Å². The molecule has 0 fully saturated rings. The summed E-state index contributed by atoms with van der Waals surface area (Å²) in [7, 11) is 0. The zero-order valence-electron chi connectivity index (χ0n) is 13.3. The molecular formula is C18H21ClN2O2. The van der Waals surface area contributed by atoms with Gasteiger partial charge >= 0.3 is 5.97 Å². The van der Waals surface area contributed by atoms with E-state index in [1.807, 2.05) is 0 Å². The summed E-state index contributed by atoms with van der Waals surface area (Å²) in [4.78, 5) is 13.2. The summed E-state index contributed by atoms with van der Waals surface area (Å²) in [6, 6.07) is 13.3. The third kappa shape index (κ3) is 4.39. The van der Waals surface area contributed by atoms with E-state index in [1.54, 1.807) is 12.1 Å². The lowest BCUT2D eigenvalue weighted by Gasteiger charge is -2.21. The van der Waals surface area contributed by atoms with Crippen LogP contribution in [0.5, 0.6) is 0 Å². The van der Waals surface area contributed by atoms with Crippen molar-refractivity contribution in [3.8, 4) is 0 Å². The normalized spacial score (nSPS) is 10.4. The first kappa shape index (κ1) is 17.2. The predicted octanol–water partition coefficient (Wildman–Crippen LogP) is 4.50. The fraction of sp³-hybridized carbons (Fsp3) is 0.278. The van der Waals surface area contributed by atoms with Crippen molar-refractivity contribution in [3.05, 3.63) is 58.6 Å². The number of rotatable bonds is 7. The Labute approximate surface area is 141 Å². The maximum Gasteiger partial charge on any atom is 0.337 e. The zero-order valence-corrected chi connectivity index (χ0v) is 14.1. The number of carboxylic acids is 1. The molecule has 2 aromatic rings. The Kier molecular flexibility index (Phi) is 5.88. The molecule has 0 atom stereocenters. The minimum atomic E-state index is -1.02. The predicted molar refractivity (Wildman–Crippen MR) is 95.7 cm³/mol. The van der Waals surface area contributed by atoms with Crippen LogP contribution in [0.2, 0.25) is 5.02 Å². The molecule has 0 saturated carbocycles. The number of hydrogen-bond acceptors (Lipinski definition) is 3. The second-order valence-electron chi connectivity index (χ2n) is 5.19. The number of carboxylic acid groups (broad SMARTS) is 1. The maximum absolute atomic E-state index is 10.9. The Bertz CT molecular complexity index is 667. The molecule has 2 rings (SSSR count). The summed E-state index contributed by atoms with van der Waals surface area (Å²) < 4.78 is 0. The summed E-state index contributed by atoms with van der Waals surface area (Å²) in [5, 5.41) is 12.5. The zero-order chi connectivity index (χ0) is 16.8. The van der Waals surface area contributed by atoms with Crippen LogP contribution in [0.4, 0.5) is 11.4 Å². The van der Waals surface area contributed by atoms with E-state index in [4.69, 9.17) is 16.7 Å². The number of benzene rings is 2. The van der Waals surface area contributed by atoms with Crippen LogP contribution in [-0.4, -0.2) is 24.2 Å². The highest BCUT2D eigenvalue weighted by atomic mass is 35.5. The fourth-order valence-electron chi connectivity index (χ4n) is 2.42. The average molecular weight is 333 g/mol. The quantitative estimate of drug-likeness (QED) is 0.784. The smallest absolute Gasteiger partial charge is 0.337 e. The summed E-state index contributed by atoms with van der Waals surface area (Å²) in [5.41, 5.74) is 3.28. The van der Waals surface area contributed by atoms with Crippen LogP contribution in [0.25, 0.3) is 0 Å². The molecule has 0 aliphatic carbocycles. The van der Waals surface area contributed by atoms with E-state index < -0.39 is 5.97 Å². The van der Waals surface area contributed by atoms with Crippen molar-refractivity contribution in [2.75, 3.05) is 23.3 Å². The van der Waals surface area contributed by atoms with Gasteiger partial charge in [0.25, 0.3) is 0 Å². The molecule has 122 valence electrons. The van der Waals surface area contributed by atoms with Gasteiger partial charge < -0.3 is 15.3 Å². The summed E-state index contributed by atoms with van der Waals surface area (Å²) in [5.74, 6) is -1.02. The molecule has 23 heavy (non-hydrogen) atoms. The Balaban J connectivity index is 2.01. The number of hydrogen-bond donors (Lipinski definition) is 2. The van der Waals surface area contributed by atoms with Gasteiger partial charge in [-0.3, -0.25) is 0 Å². The molecule has 0 heterocycles. The van der Waals surface area contributed by atoms with E-state index in [0.717, 1.165) is 24.3 Å². The second kappa shape index (κ2) is 7.88. The number of anilines is 2. The fourth-order valence-corrected chi connectivity index (χ4v) is 2.68. The van der Waals surface area contributed by atoms with Crippen molar-refractivity contribution >= 4 is 28.9 Å². The first-order valence-electron chi connectivity index (χ1n) is 7.65. The summed E-state index contributed by atoms with van der Waals surface area (Å²) in [6.45, 7) is 6.92. The number of carbonyl (C=O) groups is 1. The van der Waals surface area contributed by atoms with Crippen LogP contribution in [0, 0.1) is 0 Å². The van der Waals surface area contributed by atoms with Gasteiger partial charge in [-0.15, -0.1) is 0 Å². The number of aromatic carboxylic acids is 1. The molecule has 0 amide bonds. The van der Waals surface area contributed by atoms with E-state index in [0.29, 0.717) is 6.54 Å². The SMILES string of the molecule is CCN(CC)c1ccc(CNc2ccc(C(=O)O)c(Cl)c2)cc1. The molecular weight excluding hydrogens is 312 g/mol. The lowest BCUT2D eigenvalue weighted by Crippen LogP contribution is -2.21. The van der Waals surface area contributed by atoms with Gasteiger partial charge in [-0.2, -0.15) is 0 Å². The highest BCUT2D eigenvalue weighted by Crippen LogP contribution is 2.22. The topological polar surface area (TPSA) is 52.6 Å². The van der Waals surface area contributed by atoms with Gasteiger partial charge in [-0.25, -0.2) is 4.79 Å². The van der Waals surface area contributed by atoms with Crippen molar-refractivity contribution in [2.45, 2.75) is 20.4 Å². The molecule has 0 aliphatic rings. The number of halogens is 1. The molecule has 4 nitrogen and oxygen atoms in total. The van der Waals surface area contributed by atoms with Crippen LogP contribution in [0.3, 0.4) is 0 Å². The Morgan fingerprint density at radius 3 is 2.30 bits per heavy atom. The molecule has 2 N–H and O–H groups in total. The third-order valence-corrected chi connectivity index (χ3v) is 4.07. The van der Waals surface area contributed by atoms with Gasteiger partial charge in [0.2, 0.25) is 0 Å². The Morgan fingerprint density at radius 1 is 1.13 bits per heavy atom. The van der Waals surface area contributed by atoms with Gasteiger partial charge in [0.15, 0.2) is 0 Å². The average Bonchev–Trinajstić information content (AvgIpc) is 2.55. The van der Waals surface area contributed by atoms with Crippen molar-refractivity contribution in [2.24, 2.45) is 0 Å². The molecule has 0 spiro atoms. The minimum Gasteiger partial charge on any atom is -0.478 e. The van der Waals surface area contributed by atoms with E-state index in [-0.39, 0.29) is 10.6 Å². The molecule has 0 aromatic heterocycles. The van der Waals surface area contributed by atoms with Gasteiger partial charge in [-0.1, -0.05) is 23.7 Å². The van der Waals surface area contributed by atoms with Crippen LogP contribution in [0.15, 0.2) is 42.5 Å². The Hall–Kier alpha value is -2.20. The van der Waals surface area contributed by atoms with E-state index >= 15 is 0 Å². The standard InChI is InChI=1S/C18H21ClN2O2/c1-3-21(4-2)15-8-5-13(6-9-15)12-20-14-7-10-16(18(22)23)17(19)11-14/h5-11,20H,3-4,12H2,1-2H3,(H,22,23). The summed E-state index contributed by atoms with van der Waals surface area (Å²) >= 11 is 5.97. The molecule has 0 radical (unpaired) electrons.